The van der Waals surface area contributed by atoms with Crippen molar-refractivity contribution in [3.63, 3.8) is 0 Å². The van der Waals surface area contributed by atoms with E-state index in [1.54, 1.807) is 13.3 Å². The van der Waals surface area contributed by atoms with Gasteiger partial charge in [-0.15, -0.1) is 0 Å². The van der Waals surface area contributed by atoms with E-state index < -0.39 is 0 Å². The standard InChI is InChI=1S/C6H13NO/c1-6(2,5-8)4-7-3/h4,8H,5H2,1-3H3. The zero-order valence-corrected chi connectivity index (χ0v) is 5.68. The second-order valence-corrected chi connectivity index (χ2v) is 2.53. The average Bonchev–Trinajstić information content (AvgIpc) is 1.67. The number of aliphatic hydroxyl groups is 1. The fourth-order valence-corrected chi connectivity index (χ4v) is 0.390. The molecule has 8 heavy (non-hydrogen) atoms. The van der Waals surface area contributed by atoms with Crippen LogP contribution in [0.3, 0.4) is 0 Å². The van der Waals surface area contributed by atoms with E-state index in [0.29, 0.717) is 0 Å². The van der Waals surface area contributed by atoms with Crippen molar-refractivity contribution in [3.05, 3.63) is 0 Å². The molecule has 0 radical (unpaired) electrons. The summed E-state index contributed by atoms with van der Waals surface area (Å²) in [6.07, 6.45) is 1.74. The van der Waals surface area contributed by atoms with Gasteiger partial charge in [0.2, 0.25) is 0 Å². The highest BCUT2D eigenvalue weighted by Gasteiger charge is 2.10. The second kappa shape index (κ2) is 2.82. The van der Waals surface area contributed by atoms with Gasteiger partial charge in [0, 0.05) is 18.7 Å². The molecule has 2 nitrogen and oxygen atoms in total. The third kappa shape index (κ3) is 2.75. The third-order valence-corrected chi connectivity index (χ3v) is 0.886. The molecule has 0 saturated carbocycles. The highest BCUT2D eigenvalue weighted by molar-refractivity contribution is 5.64. The van der Waals surface area contributed by atoms with Crippen LogP contribution in [0.15, 0.2) is 4.99 Å². The van der Waals surface area contributed by atoms with Gasteiger partial charge in [0.1, 0.15) is 0 Å². The molecule has 1 N–H and O–H groups in total. The predicted molar refractivity (Wildman–Crippen MR) is 35.3 cm³/mol. The monoisotopic (exact) mass is 115 g/mol. The van der Waals surface area contributed by atoms with Gasteiger partial charge in [0.15, 0.2) is 0 Å². The summed E-state index contributed by atoms with van der Waals surface area (Å²) in [5, 5.41) is 8.63. The van der Waals surface area contributed by atoms with Gasteiger partial charge < -0.3 is 10.1 Å². The van der Waals surface area contributed by atoms with Gasteiger partial charge in [0.25, 0.3) is 0 Å². The highest BCUT2D eigenvalue weighted by atomic mass is 16.3. The Morgan fingerprint density at radius 1 is 1.62 bits per heavy atom. The fourth-order valence-electron chi connectivity index (χ4n) is 0.390. The first-order valence-electron chi connectivity index (χ1n) is 2.66. The first-order valence-corrected chi connectivity index (χ1v) is 2.66. The van der Waals surface area contributed by atoms with E-state index in [2.05, 4.69) is 4.99 Å². The van der Waals surface area contributed by atoms with Crippen LogP contribution in [0, 0.1) is 5.41 Å². The average molecular weight is 115 g/mol. The van der Waals surface area contributed by atoms with Gasteiger partial charge in [-0.1, -0.05) is 13.8 Å². The van der Waals surface area contributed by atoms with Crippen molar-refractivity contribution < 1.29 is 5.11 Å². The molecule has 48 valence electrons. The summed E-state index contributed by atoms with van der Waals surface area (Å²) in [5.74, 6) is 0. The maximum atomic E-state index is 8.63. The number of nitrogens with zero attached hydrogens (tertiary/aromatic N) is 1. The Morgan fingerprint density at radius 3 is 2.25 bits per heavy atom. The summed E-state index contributed by atoms with van der Waals surface area (Å²) in [5.41, 5.74) is -0.144. The molecule has 0 spiro atoms. The Labute approximate surface area is 50.3 Å². The number of rotatable bonds is 2. The van der Waals surface area contributed by atoms with Crippen molar-refractivity contribution in [2.45, 2.75) is 13.8 Å². The van der Waals surface area contributed by atoms with Crippen molar-refractivity contribution in [2.75, 3.05) is 13.7 Å². The first kappa shape index (κ1) is 7.63. The van der Waals surface area contributed by atoms with Crippen LogP contribution in [0.4, 0.5) is 0 Å². The van der Waals surface area contributed by atoms with Crippen molar-refractivity contribution in [3.8, 4) is 0 Å². The molecule has 0 amide bonds. The Morgan fingerprint density at radius 2 is 2.12 bits per heavy atom. The largest absolute Gasteiger partial charge is 0.395 e. The molecule has 2 heteroatoms. The lowest BCUT2D eigenvalue weighted by Crippen LogP contribution is -2.17. The smallest absolute Gasteiger partial charge is 0.0531 e. The lowest BCUT2D eigenvalue weighted by Gasteiger charge is -2.13. The van der Waals surface area contributed by atoms with Crippen LogP contribution in [0.5, 0.6) is 0 Å². The summed E-state index contributed by atoms with van der Waals surface area (Å²) in [4.78, 5) is 3.79. The highest BCUT2D eigenvalue weighted by Crippen LogP contribution is 2.08. The van der Waals surface area contributed by atoms with Crippen LogP contribution in [0.25, 0.3) is 0 Å². The van der Waals surface area contributed by atoms with Crippen LogP contribution in [0.2, 0.25) is 0 Å². The van der Waals surface area contributed by atoms with E-state index in [9.17, 15) is 0 Å². The molecular weight excluding hydrogens is 102 g/mol. The van der Waals surface area contributed by atoms with Gasteiger partial charge in [-0.3, -0.25) is 0 Å². The van der Waals surface area contributed by atoms with Crippen molar-refractivity contribution >= 4 is 6.21 Å². The van der Waals surface area contributed by atoms with Gasteiger partial charge in [-0.2, -0.15) is 0 Å². The first-order chi connectivity index (χ1) is 3.62. The maximum Gasteiger partial charge on any atom is 0.0531 e. The topological polar surface area (TPSA) is 32.6 Å². The van der Waals surface area contributed by atoms with Gasteiger partial charge in [0.05, 0.1) is 6.61 Å². The molecule has 0 heterocycles. The number of aliphatic imine (C=N–C) groups is 1. The summed E-state index contributed by atoms with van der Waals surface area (Å²) in [6.45, 7) is 4.02. The third-order valence-electron chi connectivity index (χ3n) is 0.886. The second-order valence-electron chi connectivity index (χ2n) is 2.53. The number of aliphatic hydroxyl groups excluding tert-OH is 1. The minimum absolute atomic E-state index is 0.144. The molecule has 0 bridgehead atoms. The zero-order valence-electron chi connectivity index (χ0n) is 5.68. The minimum Gasteiger partial charge on any atom is -0.395 e. The normalized spacial score (nSPS) is 13.0. The SMILES string of the molecule is CN=CC(C)(C)CO. The van der Waals surface area contributed by atoms with E-state index in [1.165, 1.54) is 0 Å². The Balaban J connectivity index is 3.71. The van der Waals surface area contributed by atoms with Gasteiger partial charge >= 0.3 is 0 Å². The van der Waals surface area contributed by atoms with E-state index in [-0.39, 0.29) is 12.0 Å². The van der Waals surface area contributed by atoms with Gasteiger partial charge in [-0.05, 0) is 0 Å². The number of hydrogen-bond acceptors (Lipinski definition) is 2. The summed E-state index contributed by atoms with van der Waals surface area (Å²) in [7, 11) is 1.71. The molecule has 0 saturated heterocycles. The molecule has 0 aliphatic carbocycles. The van der Waals surface area contributed by atoms with Crippen LogP contribution in [0.1, 0.15) is 13.8 Å². The molecule has 0 unspecified atom stereocenters. The molecule has 0 rings (SSSR count). The molecule has 0 aromatic heterocycles. The summed E-state index contributed by atoms with van der Waals surface area (Å²) in [6, 6.07) is 0. The predicted octanol–water partition coefficient (Wildman–Crippen LogP) is 0.706. The molecular formula is C6H13NO. The van der Waals surface area contributed by atoms with Crippen LogP contribution >= 0.6 is 0 Å². The quantitative estimate of drug-likeness (QED) is 0.528. The van der Waals surface area contributed by atoms with Gasteiger partial charge in [-0.25, -0.2) is 0 Å². The van der Waals surface area contributed by atoms with Crippen LogP contribution in [-0.2, 0) is 0 Å². The molecule has 0 aromatic carbocycles. The lowest BCUT2D eigenvalue weighted by molar-refractivity contribution is 0.216. The summed E-state index contributed by atoms with van der Waals surface area (Å²) < 4.78 is 0. The maximum absolute atomic E-state index is 8.63. The van der Waals surface area contributed by atoms with E-state index in [0.717, 1.165) is 0 Å². The van der Waals surface area contributed by atoms with Crippen molar-refractivity contribution in [2.24, 2.45) is 10.4 Å². The van der Waals surface area contributed by atoms with E-state index in [1.807, 2.05) is 13.8 Å². The van der Waals surface area contributed by atoms with Crippen molar-refractivity contribution in [1.82, 2.24) is 0 Å². The van der Waals surface area contributed by atoms with Crippen molar-refractivity contribution in [1.29, 1.82) is 0 Å². The fraction of sp³-hybridized carbons (Fsp3) is 0.833. The molecule has 0 aromatic rings. The Hall–Kier alpha value is -0.370. The lowest BCUT2D eigenvalue weighted by atomic mass is 9.97. The molecule has 0 aliphatic rings. The van der Waals surface area contributed by atoms with E-state index in [4.69, 9.17) is 5.11 Å². The molecule has 0 fully saturated rings. The zero-order chi connectivity index (χ0) is 6.62. The van der Waals surface area contributed by atoms with Crippen LogP contribution < -0.4 is 0 Å². The van der Waals surface area contributed by atoms with Crippen LogP contribution in [-0.4, -0.2) is 25.0 Å². The Kier molecular flexibility index (Phi) is 2.69. The number of hydrogen-bond donors (Lipinski definition) is 1. The Bertz CT molecular complexity index is 86.5. The minimum atomic E-state index is -0.144. The molecule has 0 atom stereocenters. The molecule has 0 aliphatic heterocycles. The summed E-state index contributed by atoms with van der Waals surface area (Å²) >= 11 is 0. The van der Waals surface area contributed by atoms with E-state index >= 15 is 0 Å².